The fourth-order valence-electron chi connectivity index (χ4n) is 2.61. The van der Waals surface area contributed by atoms with Gasteiger partial charge in [0.15, 0.2) is 5.13 Å². The normalized spacial score (nSPS) is 10.9. The lowest BCUT2D eigenvalue weighted by molar-refractivity contribution is 0.0981. The van der Waals surface area contributed by atoms with E-state index in [1.807, 2.05) is 19.0 Å². The zero-order chi connectivity index (χ0) is 20.4. The molecule has 10 heteroatoms. The third-order valence-electron chi connectivity index (χ3n) is 4.08. The number of rotatable bonds is 6. The molecule has 0 aliphatic heterocycles. The number of aromatic nitrogens is 1. The molecule has 0 saturated carbocycles. The van der Waals surface area contributed by atoms with Gasteiger partial charge >= 0.3 is 0 Å². The zero-order valence-corrected chi connectivity index (χ0v) is 18.3. The Labute approximate surface area is 182 Å². The summed E-state index contributed by atoms with van der Waals surface area (Å²) < 4.78 is 33.4. The van der Waals surface area contributed by atoms with E-state index >= 15 is 0 Å². The second kappa shape index (κ2) is 9.67. The van der Waals surface area contributed by atoms with Crippen molar-refractivity contribution in [3.05, 3.63) is 52.6 Å². The van der Waals surface area contributed by atoms with Crippen molar-refractivity contribution < 1.29 is 18.3 Å². The Morgan fingerprint density at radius 1 is 1.21 bits per heavy atom. The lowest BCUT2D eigenvalue weighted by Crippen LogP contribution is -2.37. The number of thiazole rings is 1. The number of amides is 1. The maximum Gasteiger partial charge on any atom is 0.263 e. The van der Waals surface area contributed by atoms with E-state index in [2.05, 4.69) is 4.98 Å². The summed E-state index contributed by atoms with van der Waals surface area (Å²) in [5.74, 6) is -1.75. The molecule has 0 saturated heterocycles. The van der Waals surface area contributed by atoms with Gasteiger partial charge in [-0.1, -0.05) is 22.9 Å². The number of likely N-dealkylation sites (N-methyl/N-ethyl adjacent to an activating group) is 1. The fraction of sp³-hybridized carbons (Fsp3) is 0.263. The summed E-state index contributed by atoms with van der Waals surface area (Å²) in [5.41, 5.74) is 0.301. The van der Waals surface area contributed by atoms with E-state index in [-0.39, 0.29) is 24.5 Å². The van der Waals surface area contributed by atoms with Gasteiger partial charge in [0.1, 0.15) is 22.9 Å². The Bertz CT molecular complexity index is 1030. The smallest absolute Gasteiger partial charge is 0.263 e. The van der Waals surface area contributed by atoms with Gasteiger partial charge in [-0.25, -0.2) is 13.8 Å². The number of nitrogens with zero attached hydrogens (tertiary/aromatic N) is 3. The molecule has 0 bridgehead atoms. The van der Waals surface area contributed by atoms with Crippen LogP contribution in [0, 0.1) is 11.6 Å². The van der Waals surface area contributed by atoms with Crippen LogP contribution in [0.2, 0.25) is 5.02 Å². The number of fused-ring (bicyclic) bond motifs is 1. The SMILES string of the molecule is COc1ccc(Cl)c2sc(N(CCN(C)C)C(=O)c3ccc(F)cc3F)nc12.Cl. The summed E-state index contributed by atoms with van der Waals surface area (Å²) in [6.45, 7) is 0.789. The lowest BCUT2D eigenvalue weighted by atomic mass is 10.2. The Morgan fingerprint density at radius 3 is 2.55 bits per heavy atom. The maximum atomic E-state index is 14.2. The summed E-state index contributed by atoms with van der Waals surface area (Å²) in [6, 6.07) is 6.26. The van der Waals surface area contributed by atoms with E-state index in [0.29, 0.717) is 38.7 Å². The monoisotopic (exact) mass is 461 g/mol. The summed E-state index contributed by atoms with van der Waals surface area (Å²) in [7, 11) is 5.24. The Kier molecular flexibility index (Phi) is 7.76. The second-order valence-corrected chi connectivity index (χ2v) is 7.69. The number of anilines is 1. The first kappa shape index (κ1) is 23.3. The van der Waals surface area contributed by atoms with Crippen LogP contribution in [0.15, 0.2) is 30.3 Å². The number of benzene rings is 2. The lowest BCUT2D eigenvalue weighted by Gasteiger charge is -2.22. The largest absolute Gasteiger partial charge is 0.494 e. The molecule has 3 aromatic rings. The van der Waals surface area contributed by atoms with E-state index in [1.54, 1.807) is 12.1 Å². The molecule has 0 radical (unpaired) electrons. The molecule has 156 valence electrons. The van der Waals surface area contributed by atoms with Crippen molar-refractivity contribution in [1.29, 1.82) is 0 Å². The zero-order valence-electron chi connectivity index (χ0n) is 15.9. The van der Waals surface area contributed by atoms with Gasteiger partial charge in [-0.3, -0.25) is 9.69 Å². The van der Waals surface area contributed by atoms with Crippen LogP contribution < -0.4 is 9.64 Å². The third kappa shape index (κ3) is 4.95. The van der Waals surface area contributed by atoms with Gasteiger partial charge in [-0.15, -0.1) is 12.4 Å². The molecule has 1 aromatic heterocycles. The van der Waals surface area contributed by atoms with Gasteiger partial charge in [0.05, 0.1) is 22.4 Å². The van der Waals surface area contributed by atoms with Crippen LogP contribution in [-0.2, 0) is 0 Å². The molecule has 0 fully saturated rings. The van der Waals surface area contributed by atoms with Crippen molar-refractivity contribution in [1.82, 2.24) is 9.88 Å². The van der Waals surface area contributed by atoms with Gasteiger partial charge in [-0.05, 0) is 38.4 Å². The molecule has 2 aromatic carbocycles. The molecule has 0 aliphatic carbocycles. The minimum absolute atomic E-state index is 0. The number of carbonyl (C=O) groups excluding carboxylic acids is 1. The van der Waals surface area contributed by atoms with Gasteiger partial charge in [0.2, 0.25) is 0 Å². The summed E-state index contributed by atoms with van der Waals surface area (Å²) in [6.07, 6.45) is 0. The topological polar surface area (TPSA) is 45.7 Å². The summed E-state index contributed by atoms with van der Waals surface area (Å²) in [5, 5.41) is 0.837. The molecule has 0 aliphatic rings. The van der Waals surface area contributed by atoms with Crippen LogP contribution >= 0.6 is 35.3 Å². The first-order valence-electron chi connectivity index (χ1n) is 8.36. The van der Waals surface area contributed by atoms with Crippen LogP contribution in [0.1, 0.15) is 10.4 Å². The number of hydrogen-bond acceptors (Lipinski definition) is 5. The third-order valence-corrected chi connectivity index (χ3v) is 5.61. The number of carbonyl (C=O) groups is 1. The number of ether oxygens (including phenoxy) is 1. The molecule has 29 heavy (non-hydrogen) atoms. The highest BCUT2D eigenvalue weighted by Crippen LogP contribution is 2.39. The predicted molar refractivity (Wildman–Crippen MR) is 115 cm³/mol. The van der Waals surface area contributed by atoms with Crippen LogP contribution in [0.4, 0.5) is 13.9 Å². The molecular formula is C19H19Cl2F2N3O2S. The first-order chi connectivity index (χ1) is 13.3. The summed E-state index contributed by atoms with van der Waals surface area (Å²) >= 11 is 7.48. The van der Waals surface area contributed by atoms with Crippen molar-refractivity contribution >= 4 is 56.6 Å². The maximum absolute atomic E-state index is 14.2. The van der Waals surface area contributed by atoms with E-state index in [9.17, 15) is 13.6 Å². The Balaban J connectivity index is 0.00000300. The average molecular weight is 462 g/mol. The molecule has 1 heterocycles. The fourth-order valence-corrected chi connectivity index (χ4v) is 3.89. The Morgan fingerprint density at radius 2 is 1.93 bits per heavy atom. The molecule has 0 spiro atoms. The highest BCUT2D eigenvalue weighted by atomic mass is 35.5. The minimum Gasteiger partial charge on any atom is -0.494 e. The van der Waals surface area contributed by atoms with Crippen LogP contribution in [0.3, 0.4) is 0 Å². The van der Waals surface area contributed by atoms with Crippen molar-refractivity contribution in [2.45, 2.75) is 0 Å². The standard InChI is InChI=1S/C19H18ClF2N3O2S.ClH/c1-24(2)8-9-25(18(26)12-5-4-11(21)10-14(12)22)19-23-16-15(27-3)7-6-13(20)17(16)28-19;/h4-7,10H,8-9H2,1-3H3;1H. The quantitative estimate of drug-likeness (QED) is 0.525. The van der Waals surface area contributed by atoms with Gasteiger partial charge in [0, 0.05) is 19.2 Å². The molecular weight excluding hydrogens is 443 g/mol. The number of hydrogen-bond donors (Lipinski definition) is 0. The van der Waals surface area contributed by atoms with Gasteiger partial charge in [-0.2, -0.15) is 0 Å². The second-order valence-electron chi connectivity index (χ2n) is 6.31. The van der Waals surface area contributed by atoms with Crippen molar-refractivity contribution in [2.75, 3.05) is 39.2 Å². The highest BCUT2D eigenvalue weighted by molar-refractivity contribution is 7.23. The van der Waals surface area contributed by atoms with E-state index in [0.717, 1.165) is 12.1 Å². The molecule has 5 nitrogen and oxygen atoms in total. The predicted octanol–water partition coefficient (Wildman–Crippen LogP) is 4.87. The molecule has 0 unspecified atom stereocenters. The van der Waals surface area contributed by atoms with Crippen LogP contribution in [-0.4, -0.2) is 50.1 Å². The Hall–Kier alpha value is -2.00. The van der Waals surface area contributed by atoms with Crippen molar-refractivity contribution in [3.8, 4) is 5.75 Å². The molecule has 0 atom stereocenters. The summed E-state index contributed by atoms with van der Waals surface area (Å²) in [4.78, 5) is 20.8. The van der Waals surface area contributed by atoms with Crippen LogP contribution in [0.25, 0.3) is 10.2 Å². The molecule has 1 amide bonds. The van der Waals surface area contributed by atoms with E-state index in [1.165, 1.54) is 23.3 Å². The van der Waals surface area contributed by atoms with Crippen molar-refractivity contribution in [2.24, 2.45) is 0 Å². The molecule has 3 rings (SSSR count). The van der Waals surface area contributed by atoms with E-state index in [4.69, 9.17) is 16.3 Å². The van der Waals surface area contributed by atoms with Gasteiger partial charge in [0.25, 0.3) is 5.91 Å². The molecule has 0 N–H and O–H groups in total. The average Bonchev–Trinajstić information content (AvgIpc) is 3.08. The minimum atomic E-state index is -0.920. The highest BCUT2D eigenvalue weighted by Gasteiger charge is 2.25. The number of methoxy groups -OCH3 is 1. The first-order valence-corrected chi connectivity index (χ1v) is 9.56. The van der Waals surface area contributed by atoms with Crippen molar-refractivity contribution in [3.63, 3.8) is 0 Å². The van der Waals surface area contributed by atoms with E-state index < -0.39 is 17.5 Å². The number of halogens is 4. The van der Waals surface area contributed by atoms with Gasteiger partial charge < -0.3 is 9.64 Å². The van der Waals surface area contributed by atoms with Crippen LogP contribution in [0.5, 0.6) is 5.75 Å².